The number of rotatable bonds is 4. The SMILES string of the molecule is COC(=O)C1=C(C)N=c2s/c(=C/c3ccccc3Cl)c(=O)n2[C@@H]1c1ccc(C(=O)OC)cc1. The van der Waals surface area contributed by atoms with Crippen molar-refractivity contribution in [2.24, 2.45) is 4.99 Å². The van der Waals surface area contributed by atoms with Crippen LogP contribution in [0.5, 0.6) is 0 Å². The third-order valence-electron chi connectivity index (χ3n) is 5.27. The average molecular weight is 483 g/mol. The Labute approximate surface area is 197 Å². The molecule has 0 amide bonds. The number of fused-ring (bicyclic) bond motifs is 1. The number of nitrogens with zero attached hydrogens (tertiary/aromatic N) is 2. The number of halogens is 1. The smallest absolute Gasteiger partial charge is 0.338 e. The number of aromatic nitrogens is 1. The Morgan fingerprint density at radius 2 is 1.73 bits per heavy atom. The first-order chi connectivity index (χ1) is 15.8. The van der Waals surface area contributed by atoms with E-state index in [0.29, 0.717) is 36.7 Å². The van der Waals surface area contributed by atoms with Crippen LogP contribution in [0.1, 0.15) is 34.5 Å². The van der Waals surface area contributed by atoms with Crippen LogP contribution in [0.3, 0.4) is 0 Å². The van der Waals surface area contributed by atoms with Gasteiger partial charge in [-0.3, -0.25) is 9.36 Å². The average Bonchev–Trinajstić information content (AvgIpc) is 3.13. The van der Waals surface area contributed by atoms with Crippen molar-refractivity contribution in [1.29, 1.82) is 0 Å². The molecule has 168 valence electrons. The maximum atomic E-state index is 13.5. The summed E-state index contributed by atoms with van der Waals surface area (Å²) in [4.78, 5) is 43.0. The van der Waals surface area contributed by atoms with Gasteiger partial charge in [-0.05, 0) is 42.3 Å². The summed E-state index contributed by atoms with van der Waals surface area (Å²) < 4.78 is 11.7. The quantitative estimate of drug-likeness (QED) is 0.534. The molecule has 1 aliphatic heterocycles. The lowest BCUT2D eigenvalue weighted by Gasteiger charge is -2.24. The molecule has 3 aromatic rings. The number of methoxy groups -OCH3 is 2. The van der Waals surface area contributed by atoms with Gasteiger partial charge in [-0.25, -0.2) is 14.6 Å². The van der Waals surface area contributed by atoms with Gasteiger partial charge in [0.05, 0.1) is 41.6 Å². The number of esters is 2. The standard InChI is InChI=1S/C24H19ClN2O5S/c1-13-19(23(30)32-3)20(14-8-10-15(11-9-14)22(29)31-2)27-21(28)18(33-24(27)26-13)12-16-6-4-5-7-17(16)25/h4-12,20H,1-3H3/b18-12+/t20-/m1/s1. The summed E-state index contributed by atoms with van der Waals surface area (Å²) in [6, 6.07) is 13.0. The molecule has 0 saturated heterocycles. The molecule has 9 heteroatoms. The third-order valence-corrected chi connectivity index (χ3v) is 6.59. The van der Waals surface area contributed by atoms with E-state index >= 15 is 0 Å². The number of thiazole rings is 1. The number of ether oxygens (including phenoxy) is 2. The first-order valence-corrected chi connectivity index (χ1v) is 11.1. The Hall–Kier alpha value is -3.49. The second-order valence-electron chi connectivity index (χ2n) is 7.21. The lowest BCUT2D eigenvalue weighted by Crippen LogP contribution is -2.39. The number of hydrogen-bond donors (Lipinski definition) is 0. The number of carbonyl (C=O) groups excluding carboxylic acids is 2. The molecule has 7 nitrogen and oxygen atoms in total. The fraction of sp³-hybridized carbons (Fsp3) is 0.167. The Balaban J connectivity index is 1.95. The van der Waals surface area contributed by atoms with E-state index < -0.39 is 18.0 Å². The van der Waals surface area contributed by atoms with Gasteiger partial charge < -0.3 is 9.47 Å². The van der Waals surface area contributed by atoms with Gasteiger partial charge in [0, 0.05) is 5.02 Å². The molecule has 2 heterocycles. The molecule has 0 saturated carbocycles. The summed E-state index contributed by atoms with van der Waals surface area (Å²) in [7, 11) is 2.58. The molecule has 0 aliphatic carbocycles. The number of allylic oxidation sites excluding steroid dienone is 1. The van der Waals surface area contributed by atoms with Crippen molar-refractivity contribution in [2.45, 2.75) is 13.0 Å². The van der Waals surface area contributed by atoms with Gasteiger partial charge in [0.2, 0.25) is 0 Å². The molecule has 0 bridgehead atoms. The van der Waals surface area contributed by atoms with Gasteiger partial charge in [-0.2, -0.15) is 0 Å². The van der Waals surface area contributed by atoms with Crippen molar-refractivity contribution in [1.82, 2.24) is 4.57 Å². The van der Waals surface area contributed by atoms with Crippen molar-refractivity contribution in [3.63, 3.8) is 0 Å². The maximum Gasteiger partial charge on any atom is 0.338 e. The molecule has 0 unspecified atom stereocenters. The van der Waals surface area contributed by atoms with Gasteiger partial charge in [0.25, 0.3) is 5.56 Å². The topological polar surface area (TPSA) is 87.0 Å². The minimum absolute atomic E-state index is 0.250. The largest absolute Gasteiger partial charge is 0.466 e. The molecule has 0 radical (unpaired) electrons. The highest BCUT2D eigenvalue weighted by atomic mass is 35.5. The van der Waals surface area contributed by atoms with Crippen LogP contribution in [0.15, 0.2) is 69.6 Å². The van der Waals surface area contributed by atoms with Crippen molar-refractivity contribution in [2.75, 3.05) is 14.2 Å². The summed E-state index contributed by atoms with van der Waals surface area (Å²) in [5, 5.41) is 0.518. The molecule has 33 heavy (non-hydrogen) atoms. The first kappa shape index (κ1) is 22.7. The van der Waals surface area contributed by atoms with Crippen molar-refractivity contribution < 1.29 is 19.1 Å². The number of benzene rings is 2. The predicted octanol–water partition coefficient (Wildman–Crippen LogP) is 2.85. The lowest BCUT2D eigenvalue weighted by atomic mass is 9.95. The van der Waals surface area contributed by atoms with E-state index in [1.165, 1.54) is 30.1 Å². The van der Waals surface area contributed by atoms with Crippen LogP contribution in [0, 0.1) is 0 Å². The van der Waals surface area contributed by atoms with E-state index in [1.54, 1.807) is 43.3 Å². The summed E-state index contributed by atoms with van der Waals surface area (Å²) in [5.41, 5.74) is 2.08. The zero-order valence-electron chi connectivity index (χ0n) is 18.0. The summed E-state index contributed by atoms with van der Waals surface area (Å²) in [6.45, 7) is 1.70. The molecule has 2 aromatic carbocycles. The summed E-state index contributed by atoms with van der Waals surface area (Å²) in [6.07, 6.45) is 1.71. The van der Waals surface area contributed by atoms with Gasteiger partial charge in [0.15, 0.2) is 4.80 Å². The van der Waals surface area contributed by atoms with Crippen LogP contribution >= 0.6 is 22.9 Å². The fourth-order valence-corrected chi connectivity index (χ4v) is 4.89. The maximum absolute atomic E-state index is 13.5. The minimum Gasteiger partial charge on any atom is -0.466 e. The van der Waals surface area contributed by atoms with Crippen molar-refractivity contribution >= 4 is 41.0 Å². The molecule has 0 fully saturated rings. The van der Waals surface area contributed by atoms with E-state index in [9.17, 15) is 14.4 Å². The van der Waals surface area contributed by atoms with Gasteiger partial charge in [0.1, 0.15) is 0 Å². The van der Waals surface area contributed by atoms with Crippen molar-refractivity contribution in [3.05, 3.63) is 101 Å². The van der Waals surface area contributed by atoms with E-state index in [4.69, 9.17) is 21.1 Å². The molecular weight excluding hydrogens is 464 g/mol. The second-order valence-corrected chi connectivity index (χ2v) is 8.62. The zero-order chi connectivity index (χ0) is 23.7. The molecule has 0 N–H and O–H groups in total. The molecule has 1 aliphatic rings. The normalized spacial score (nSPS) is 15.6. The van der Waals surface area contributed by atoms with E-state index in [2.05, 4.69) is 4.99 Å². The van der Waals surface area contributed by atoms with Crippen LogP contribution < -0.4 is 14.9 Å². The number of carbonyl (C=O) groups is 2. The molecule has 1 atom stereocenters. The molecule has 4 rings (SSSR count). The highest BCUT2D eigenvalue weighted by molar-refractivity contribution is 7.07. The molecule has 0 spiro atoms. The highest BCUT2D eigenvalue weighted by Crippen LogP contribution is 2.30. The predicted molar refractivity (Wildman–Crippen MR) is 125 cm³/mol. The Morgan fingerprint density at radius 1 is 1.06 bits per heavy atom. The van der Waals surface area contributed by atoms with Gasteiger partial charge in [-0.1, -0.05) is 53.3 Å². The van der Waals surface area contributed by atoms with Gasteiger partial charge >= 0.3 is 11.9 Å². The van der Waals surface area contributed by atoms with Crippen LogP contribution in [-0.4, -0.2) is 30.7 Å². The summed E-state index contributed by atoms with van der Waals surface area (Å²) >= 11 is 7.48. The fourth-order valence-electron chi connectivity index (χ4n) is 3.66. The van der Waals surface area contributed by atoms with Gasteiger partial charge in [-0.15, -0.1) is 0 Å². The van der Waals surface area contributed by atoms with Crippen LogP contribution in [0.4, 0.5) is 0 Å². The van der Waals surface area contributed by atoms with E-state index in [-0.39, 0.29) is 11.1 Å². The van der Waals surface area contributed by atoms with E-state index in [1.807, 2.05) is 18.2 Å². The van der Waals surface area contributed by atoms with Crippen molar-refractivity contribution in [3.8, 4) is 0 Å². The Kier molecular flexibility index (Phi) is 6.31. The second kappa shape index (κ2) is 9.17. The Bertz CT molecular complexity index is 1470. The molecule has 1 aromatic heterocycles. The first-order valence-electron chi connectivity index (χ1n) is 9.89. The number of hydrogen-bond acceptors (Lipinski definition) is 7. The van der Waals surface area contributed by atoms with Crippen LogP contribution in [0.2, 0.25) is 5.02 Å². The van der Waals surface area contributed by atoms with Crippen LogP contribution in [-0.2, 0) is 14.3 Å². The third kappa shape index (κ3) is 4.15. The Morgan fingerprint density at radius 3 is 2.36 bits per heavy atom. The minimum atomic E-state index is -0.770. The van der Waals surface area contributed by atoms with E-state index in [0.717, 1.165) is 0 Å². The van der Waals surface area contributed by atoms with Crippen LogP contribution in [0.25, 0.3) is 6.08 Å². The molecular formula is C24H19ClN2O5S. The zero-order valence-corrected chi connectivity index (χ0v) is 19.6. The summed E-state index contributed by atoms with van der Waals surface area (Å²) in [5.74, 6) is -1.07. The lowest BCUT2D eigenvalue weighted by molar-refractivity contribution is -0.136. The highest BCUT2D eigenvalue weighted by Gasteiger charge is 2.33. The monoisotopic (exact) mass is 482 g/mol.